The third-order valence-electron chi connectivity index (χ3n) is 7.65. The monoisotopic (exact) mass is 588 g/mol. The molecule has 8 heteroatoms. The lowest BCUT2D eigenvalue weighted by Crippen LogP contribution is -2.38. The molecule has 0 spiro atoms. The summed E-state index contributed by atoms with van der Waals surface area (Å²) in [5, 5.41) is 5.70. The van der Waals surface area contributed by atoms with E-state index in [0.717, 1.165) is 50.9 Å². The number of piperidine rings is 1. The third kappa shape index (κ3) is 5.60. The Morgan fingerprint density at radius 3 is 2.48 bits per heavy atom. The highest BCUT2D eigenvalue weighted by molar-refractivity contribution is 7.99. The minimum absolute atomic E-state index is 0.181. The van der Waals surface area contributed by atoms with Crippen LogP contribution in [0.4, 0.5) is 11.4 Å². The van der Waals surface area contributed by atoms with Crippen molar-refractivity contribution in [3.8, 4) is 0 Å². The van der Waals surface area contributed by atoms with E-state index < -0.39 is 0 Å². The van der Waals surface area contributed by atoms with E-state index in [0.29, 0.717) is 16.9 Å². The molecular weight excluding hydrogens is 556 g/mol. The lowest BCUT2D eigenvalue weighted by Gasteiger charge is -2.37. The SMILES string of the molecule is Cc1ccc(Sc2ccc([C@@H]3[C@H](c4ccccn4)NC(=S)N3c3ccc(N4C[C@H](C)C[C@H](C)C4)c(Cl)c3)o2)cc1. The standard InChI is InChI=1S/C32H33ClN4OS2/c1-20-7-10-24(11-8-20)40-29-14-13-28(38-29)31-30(26-6-4-5-15-34-26)35-32(39)37(31)23-9-12-27(25(33)17-23)36-18-21(2)16-22(3)19-36/h4-15,17,21-22,30-31H,16,18-19H2,1-3H3,(H,35,39)/t21-,22+,30-,31+/m0/s1. The molecule has 2 aromatic carbocycles. The van der Waals surface area contributed by atoms with E-state index >= 15 is 0 Å². The largest absolute Gasteiger partial charge is 0.452 e. The average molecular weight is 589 g/mol. The zero-order valence-corrected chi connectivity index (χ0v) is 25.3. The number of aryl methyl sites for hydroxylation is 1. The van der Waals surface area contributed by atoms with Gasteiger partial charge in [0.2, 0.25) is 0 Å². The molecule has 40 heavy (non-hydrogen) atoms. The molecule has 2 saturated heterocycles. The molecule has 5 nitrogen and oxygen atoms in total. The summed E-state index contributed by atoms with van der Waals surface area (Å²) in [4.78, 5) is 10.3. The Kier molecular flexibility index (Phi) is 7.80. The van der Waals surface area contributed by atoms with Gasteiger partial charge in [-0.05, 0) is 92.0 Å². The van der Waals surface area contributed by atoms with Crippen LogP contribution < -0.4 is 15.1 Å². The molecule has 4 heterocycles. The Morgan fingerprint density at radius 1 is 1.00 bits per heavy atom. The van der Waals surface area contributed by atoms with Crippen molar-refractivity contribution in [1.82, 2.24) is 10.3 Å². The number of pyridine rings is 1. The maximum Gasteiger partial charge on any atom is 0.174 e. The number of benzene rings is 2. The minimum atomic E-state index is -0.230. The third-order valence-corrected chi connectivity index (χ3v) is 9.20. The molecule has 6 rings (SSSR count). The summed E-state index contributed by atoms with van der Waals surface area (Å²) in [7, 11) is 0. The van der Waals surface area contributed by atoms with Crippen LogP contribution in [0.1, 0.15) is 49.4 Å². The van der Waals surface area contributed by atoms with E-state index in [4.69, 9.17) is 28.2 Å². The first-order chi connectivity index (χ1) is 19.4. The van der Waals surface area contributed by atoms with Crippen LogP contribution in [-0.2, 0) is 0 Å². The van der Waals surface area contributed by atoms with Crippen LogP contribution in [0.3, 0.4) is 0 Å². The van der Waals surface area contributed by atoms with Gasteiger partial charge in [-0.15, -0.1) is 0 Å². The first kappa shape index (κ1) is 27.2. The zero-order valence-electron chi connectivity index (χ0n) is 22.9. The minimum Gasteiger partial charge on any atom is -0.452 e. The molecule has 2 aliphatic rings. The van der Waals surface area contributed by atoms with Crippen LogP contribution in [0, 0.1) is 18.8 Å². The van der Waals surface area contributed by atoms with E-state index in [1.165, 1.54) is 12.0 Å². The fourth-order valence-electron chi connectivity index (χ4n) is 5.95. The van der Waals surface area contributed by atoms with E-state index in [1.807, 2.05) is 42.6 Å². The summed E-state index contributed by atoms with van der Waals surface area (Å²) in [5.74, 6) is 2.10. The fourth-order valence-corrected chi connectivity index (χ4v) is 7.37. The van der Waals surface area contributed by atoms with Crippen LogP contribution in [0.25, 0.3) is 0 Å². The molecule has 0 unspecified atom stereocenters. The van der Waals surface area contributed by atoms with Crippen LogP contribution in [0.2, 0.25) is 5.02 Å². The van der Waals surface area contributed by atoms with E-state index in [1.54, 1.807) is 11.8 Å². The Bertz CT molecular complexity index is 1480. The van der Waals surface area contributed by atoms with Crippen molar-refractivity contribution in [2.45, 2.75) is 49.3 Å². The average Bonchev–Trinajstić information content (AvgIpc) is 3.53. The van der Waals surface area contributed by atoms with Crippen molar-refractivity contribution in [1.29, 1.82) is 0 Å². The van der Waals surface area contributed by atoms with Gasteiger partial charge < -0.3 is 19.5 Å². The van der Waals surface area contributed by atoms with Crippen molar-refractivity contribution in [2.24, 2.45) is 11.8 Å². The predicted octanol–water partition coefficient (Wildman–Crippen LogP) is 8.45. The van der Waals surface area contributed by atoms with Crippen LogP contribution in [0.5, 0.6) is 0 Å². The van der Waals surface area contributed by atoms with Gasteiger partial charge in [0, 0.05) is 29.9 Å². The molecule has 0 bridgehead atoms. The summed E-state index contributed by atoms with van der Waals surface area (Å²) < 4.78 is 6.48. The summed E-state index contributed by atoms with van der Waals surface area (Å²) in [6.07, 6.45) is 3.07. The number of nitrogens with one attached hydrogen (secondary N) is 1. The van der Waals surface area contributed by atoms with Gasteiger partial charge in [0.25, 0.3) is 0 Å². The topological polar surface area (TPSA) is 44.5 Å². The quantitative estimate of drug-likeness (QED) is 0.227. The second-order valence-corrected chi connectivity index (χ2v) is 12.9. The lowest BCUT2D eigenvalue weighted by atomic mass is 9.91. The number of anilines is 2. The number of aromatic nitrogens is 1. The Hall–Kier alpha value is -3.00. The van der Waals surface area contributed by atoms with E-state index in [2.05, 4.69) is 77.3 Å². The molecule has 2 aromatic heterocycles. The summed E-state index contributed by atoms with van der Waals surface area (Å²) in [6.45, 7) is 8.76. The van der Waals surface area contributed by atoms with Gasteiger partial charge in [-0.1, -0.05) is 61.0 Å². The van der Waals surface area contributed by atoms with Crippen molar-refractivity contribution >= 4 is 52.1 Å². The Morgan fingerprint density at radius 2 is 1.77 bits per heavy atom. The van der Waals surface area contributed by atoms with Gasteiger partial charge in [0.05, 0.1) is 22.4 Å². The molecule has 4 atom stereocenters. The van der Waals surface area contributed by atoms with Crippen LogP contribution in [-0.4, -0.2) is 23.2 Å². The highest BCUT2D eigenvalue weighted by atomic mass is 35.5. The number of hydrogen-bond donors (Lipinski definition) is 1. The number of nitrogens with zero attached hydrogens (tertiary/aromatic N) is 3. The molecule has 206 valence electrons. The molecule has 1 N–H and O–H groups in total. The Labute approximate surface area is 250 Å². The molecule has 0 saturated carbocycles. The molecule has 4 aromatic rings. The van der Waals surface area contributed by atoms with Crippen LogP contribution in [0.15, 0.2) is 93.4 Å². The zero-order chi connectivity index (χ0) is 27.8. The number of hydrogen-bond acceptors (Lipinski definition) is 5. The van der Waals surface area contributed by atoms with Gasteiger partial charge in [-0.25, -0.2) is 0 Å². The first-order valence-corrected chi connectivity index (χ1v) is 15.4. The highest BCUT2D eigenvalue weighted by Gasteiger charge is 2.43. The maximum absolute atomic E-state index is 6.97. The molecule has 0 amide bonds. The van der Waals surface area contributed by atoms with Crippen molar-refractivity contribution < 1.29 is 4.42 Å². The number of thiocarbonyl (C=S) groups is 1. The first-order valence-electron chi connectivity index (χ1n) is 13.7. The van der Waals surface area contributed by atoms with Crippen molar-refractivity contribution in [3.05, 3.63) is 101 Å². The number of furan rings is 1. The van der Waals surface area contributed by atoms with Gasteiger partial charge in [0.15, 0.2) is 10.2 Å². The fraction of sp³-hybridized carbons (Fsp3) is 0.312. The van der Waals surface area contributed by atoms with Crippen molar-refractivity contribution in [3.63, 3.8) is 0 Å². The molecule has 2 aliphatic heterocycles. The lowest BCUT2D eigenvalue weighted by molar-refractivity contribution is 0.357. The smallest absolute Gasteiger partial charge is 0.174 e. The second kappa shape index (κ2) is 11.5. The van der Waals surface area contributed by atoms with E-state index in [-0.39, 0.29) is 12.1 Å². The Balaban J connectivity index is 1.34. The van der Waals surface area contributed by atoms with Gasteiger partial charge in [-0.3, -0.25) is 4.98 Å². The summed E-state index contributed by atoms with van der Waals surface area (Å²) in [5.41, 5.74) is 4.14. The summed E-state index contributed by atoms with van der Waals surface area (Å²) in [6, 6.07) is 24.4. The van der Waals surface area contributed by atoms with Gasteiger partial charge >= 0.3 is 0 Å². The molecule has 2 fully saturated rings. The normalized spacial score (nSPS) is 22.9. The maximum atomic E-state index is 6.97. The molecule has 0 aliphatic carbocycles. The van der Waals surface area contributed by atoms with Crippen LogP contribution >= 0.6 is 35.6 Å². The molecular formula is C32H33ClN4OS2. The number of halogens is 1. The number of rotatable bonds is 6. The van der Waals surface area contributed by atoms with Crippen molar-refractivity contribution in [2.75, 3.05) is 22.9 Å². The second-order valence-electron chi connectivity index (χ2n) is 11.1. The highest BCUT2D eigenvalue weighted by Crippen LogP contribution is 2.45. The van der Waals surface area contributed by atoms with E-state index in [9.17, 15) is 0 Å². The van der Waals surface area contributed by atoms with Gasteiger partial charge in [-0.2, -0.15) is 0 Å². The van der Waals surface area contributed by atoms with Gasteiger partial charge in [0.1, 0.15) is 11.8 Å². The summed E-state index contributed by atoms with van der Waals surface area (Å²) >= 11 is 14.5. The molecule has 0 radical (unpaired) electrons. The predicted molar refractivity (Wildman–Crippen MR) is 169 cm³/mol.